The van der Waals surface area contributed by atoms with E-state index < -0.39 is 0 Å². The lowest BCUT2D eigenvalue weighted by atomic mass is 9.88. The van der Waals surface area contributed by atoms with Crippen LogP contribution in [0.5, 0.6) is 0 Å². The monoisotopic (exact) mass is 347 g/mol. The first kappa shape index (κ1) is 17.9. The van der Waals surface area contributed by atoms with E-state index in [-0.39, 0.29) is 11.8 Å². The number of rotatable bonds is 9. The van der Waals surface area contributed by atoms with E-state index in [4.69, 9.17) is 0 Å². The SMILES string of the molecule is O=C(CC(c1ccccc1)c1ccccc1)NCCCCn1ccnc1. The zero-order valence-corrected chi connectivity index (χ0v) is 14.9. The number of aryl methyl sites for hydroxylation is 1. The quantitative estimate of drug-likeness (QED) is 0.595. The Balaban J connectivity index is 1.51. The lowest BCUT2D eigenvalue weighted by Crippen LogP contribution is -2.26. The third kappa shape index (κ3) is 5.31. The fraction of sp³-hybridized carbons (Fsp3) is 0.273. The van der Waals surface area contributed by atoms with Gasteiger partial charge in [0.25, 0.3) is 0 Å². The average Bonchev–Trinajstić information content (AvgIpc) is 3.21. The molecule has 26 heavy (non-hydrogen) atoms. The highest BCUT2D eigenvalue weighted by atomic mass is 16.1. The van der Waals surface area contributed by atoms with E-state index in [1.165, 1.54) is 11.1 Å². The Morgan fingerprint density at radius 1 is 0.962 bits per heavy atom. The second-order valence-electron chi connectivity index (χ2n) is 6.44. The van der Waals surface area contributed by atoms with Crippen LogP contribution in [0.3, 0.4) is 0 Å². The van der Waals surface area contributed by atoms with Gasteiger partial charge in [-0.2, -0.15) is 0 Å². The van der Waals surface area contributed by atoms with Crippen molar-refractivity contribution in [2.45, 2.75) is 31.7 Å². The molecule has 3 aromatic rings. The fourth-order valence-electron chi connectivity index (χ4n) is 3.12. The van der Waals surface area contributed by atoms with Crippen LogP contribution < -0.4 is 5.32 Å². The summed E-state index contributed by atoms with van der Waals surface area (Å²) in [7, 11) is 0. The summed E-state index contributed by atoms with van der Waals surface area (Å²) in [5.41, 5.74) is 2.35. The summed E-state index contributed by atoms with van der Waals surface area (Å²) in [5.74, 6) is 0.189. The normalized spacial score (nSPS) is 10.8. The summed E-state index contributed by atoms with van der Waals surface area (Å²) in [6.07, 6.45) is 8.03. The van der Waals surface area contributed by atoms with E-state index in [1.807, 2.05) is 48.9 Å². The molecule has 4 nitrogen and oxygen atoms in total. The van der Waals surface area contributed by atoms with Gasteiger partial charge in [0.05, 0.1) is 6.33 Å². The lowest BCUT2D eigenvalue weighted by Gasteiger charge is -2.18. The van der Waals surface area contributed by atoms with Gasteiger partial charge in [-0.15, -0.1) is 0 Å². The lowest BCUT2D eigenvalue weighted by molar-refractivity contribution is -0.121. The fourth-order valence-corrected chi connectivity index (χ4v) is 3.12. The maximum absolute atomic E-state index is 12.5. The van der Waals surface area contributed by atoms with Crippen molar-refractivity contribution in [3.8, 4) is 0 Å². The number of aromatic nitrogens is 2. The molecule has 0 atom stereocenters. The zero-order chi connectivity index (χ0) is 18.0. The summed E-state index contributed by atoms with van der Waals surface area (Å²) >= 11 is 0. The Morgan fingerprint density at radius 2 is 1.62 bits per heavy atom. The molecule has 0 aliphatic rings. The second kappa shape index (κ2) is 9.56. The minimum absolute atomic E-state index is 0.0864. The summed E-state index contributed by atoms with van der Waals surface area (Å²) < 4.78 is 2.06. The first-order chi connectivity index (χ1) is 12.8. The third-order valence-electron chi connectivity index (χ3n) is 4.52. The molecule has 0 saturated heterocycles. The molecule has 3 rings (SSSR count). The number of imidazole rings is 1. The minimum atomic E-state index is 0.0864. The van der Waals surface area contributed by atoms with Crippen molar-refractivity contribution in [2.24, 2.45) is 0 Å². The molecule has 134 valence electrons. The average molecular weight is 347 g/mol. The molecule has 0 fully saturated rings. The van der Waals surface area contributed by atoms with Gasteiger partial charge in [-0.25, -0.2) is 4.98 Å². The zero-order valence-electron chi connectivity index (χ0n) is 14.9. The van der Waals surface area contributed by atoms with Crippen LogP contribution in [0.15, 0.2) is 79.4 Å². The maximum atomic E-state index is 12.5. The first-order valence-electron chi connectivity index (χ1n) is 9.15. The Hall–Kier alpha value is -2.88. The topological polar surface area (TPSA) is 46.9 Å². The van der Waals surface area contributed by atoms with Gasteiger partial charge in [0.15, 0.2) is 0 Å². The van der Waals surface area contributed by atoms with Gasteiger partial charge in [-0.3, -0.25) is 4.79 Å². The van der Waals surface area contributed by atoms with Gasteiger partial charge in [-0.1, -0.05) is 60.7 Å². The minimum Gasteiger partial charge on any atom is -0.356 e. The molecule has 4 heteroatoms. The smallest absolute Gasteiger partial charge is 0.220 e. The van der Waals surface area contributed by atoms with E-state index in [0.717, 1.165) is 19.4 Å². The Morgan fingerprint density at radius 3 is 2.19 bits per heavy atom. The van der Waals surface area contributed by atoms with E-state index >= 15 is 0 Å². The number of benzene rings is 2. The molecule has 1 amide bonds. The number of amides is 1. The molecule has 0 spiro atoms. The summed E-state index contributed by atoms with van der Waals surface area (Å²) in [5, 5.41) is 3.07. The number of hydrogen-bond acceptors (Lipinski definition) is 2. The van der Waals surface area contributed by atoms with Crippen molar-refractivity contribution >= 4 is 5.91 Å². The van der Waals surface area contributed by atoms with Gasteiger partial charge in [-0.05, 0) is 24.0 Å². The molecule has 1 aromatic heterocycles. The van der Waals surface area contributed by atoms with Crippen molar-refractivity contribution in [3.05, 3.63) is 90.5 Å². The molecule has 0 saturated carbocycles. The van der Waals surface area contributed by atoms with Gasteiger partial charge in [0.1, 0.15) is 0 Å². The molecule has 0 radical (unpaired) electrons. The number of nitrogens with zero attached hydrogens (tertiary/aromatic N) is 2. The van der Waals surface area contributed by atoms with Gasteiger partial charge in [0.2, 0.25) is 5.91 Å². The molecule has 1 N–H and O–H groups in total. The van der Waals surface area contributed by atoms with Crippen molar-refractivity contribution in [1.29, 1.82) is 0 Å². The summed E-state index contributed by atoms with van der Waals surface area (Å²) in [4.78, 5) is 16.5. The van der Waals surface area contributed by atoms with Crippen LogP contribution in [0.2, 0.25) is 0 Å². The first-order valence-corrected chi connectivity index (χ1v) is 9.15. The molecule has 1 heterocycles. The van der Waals surface area contributed by atoms with E-state index in [9.17, 15) is 4.79 Å². The number of unbranched alkanes of at least 4 members (excludes halogenated alkanes) is 1. The van der Waals surface area contributed by atoms with Crippen LogP contribution in [0.4, 0.5) is 0 Å². The summed E-state index contributed by atoms with van der Waals surface area (Å²) in [6, 6.07) is 20.5. The van der Waals surface area contributed by atoms with E-state index in [2.05, 4.69) is 39.1 Å². The molecule has 0 aliphatic heterocycles. The highest BCUT2D eigenvalue weighted by Crippen LogP contribution is 2.27. The van der Waals surface area contributed by atoms with Crippen LogP contribution in [-0.4, -0.2) is 22.0 Å². The van der Waals surface area contributed by atoms with Crippen molar-refractivity contribution in [1.82, 2.24) is 14.9 Å². The molecular formula is C22H25N3O. The predicted molar refractivity (Wildman–Crippen MR) is 104 cm³/mol. The predicted octanol–water partition coefficient (Wildman–Crippen LogP) is 4.00. The van der Waals surface area contributed by atoms with Gasteiger partial charge < -0.3 is 9.88 Å². The molecule has 0 aliphatic carbocycles. The van der Waals surface area contributed by atoms with Crippen LogP contribution in [0, 0.1) is 0 Å². The summed E-state index contributed by atoms with van der Waals surface area (Å²) in [6.45, 7) is 1.65. The number of carbonyl (C=O) groups excluding carboxylic acids is 1. The molecule has 0 bridgehead atoms. The van der Waals surface area contributed by atoms with Gasteiger partial charge in [0, 0.05) is 37.8 Å². The highest BCUT2D eigenvalue weighted by Gasteiger charge is 2.17. The largest absolute Gasteiger partial charge is 0.356 e. The number of hydrogen-bond donors (Lipinski definition) is 1. The number of nitrogens with one attached hydrogen (secondary N) is 1. The van der Waals surface area contributed by atoms with Gasteiger partial charge >= 0.3 is 0 Å². The second-order valence-corrected chi connectivity index (χ2v) is 6.44. The highest BCUT2D eigenvalue weighted by molar-refractivity contribution is 5.77. The van der Waals surface area contributed by atoms with E-state index in [1.54, 1.807) is 6.20 Å². The van der Waals surface area contributed by atoms with Crippen LogP contribution in [0.25, 0.3) is 0 Å². The van der Waals surface area contributed by atoms with Crippen LogP contribution in [-0.2, 0) is 11.3 Å². The number of carbonyl (C=O) groups is 1. The molecule has 0 unspecified atom stereocenters. The van der Waals surface area contributed by atoms with Crippen molar-refractivity contribution in [2.75, 3.05) is 6.54 Å². The van der Waals surface area contributed by atoms with Crippen LogP contribution >= 0.6 is 0 Å². The Kier molecular flexibility index (Phi) is 6.59. The van der Waals surface area contributed by atoms with Crippen LogP contribution in [0.1, 0.15) is 36.3 Å². The Labute approximate surface area is 154 Å². The van der Waals surface area contributed by atoms with Crippen molar-refractivity contribution in [3.63, 3.8) is 0 Å². The maximum Gasteiger partial charge on any atom is 0.220 e. The van der Waals surface area contributed by atoms with E-state index in [0.29, 0.717) is 13.0 Å². The third-order valence-corrected chi connectivity index (χ3v) is 4.52. The van der Waals surface area contributed by atoms with Crippen molar-refractivity contribution < 1.29 is 4.79 Å². The Bertz CT molecular complexity index is 730. The molecule has 2 aromatic carbocycles. The molecular weight excluding hydrogens is 322 g/mol. The standard InChI is InChI=1S/C22H25N3O/c26-22(24-13-7-8-15-25-16-14-23-18-25)17-21(19-9-3-1-4-10-19)20-11-5-2-6-12-20/h1-6,9-12,14,16,18,21H,7-8,13,15,17H2,(H,24,26).